The fraction of sp³-hybridized carbons (Fsp3) is 0.0909. The van der Waals surface area contributed by atoms with E-state index >= 15 is 0 Å². The quantitative estimate of drug-likeness (QED) is 0.621. The van der Waals surface area contributed by atoms with Gasteiger partial charge in [0, 0.05) is 12.4 Å². The molecule has 3 aromatic heterocycles. The Bertz CT molecular complexity index is 754. The minimum Gasteiger partial charge on any atom is -0.461 e. The van der Waals surface area contributed by atoms with Crippen molar-refractivity contribution in [1.82, 2.24) is 19.2 Å². The lowest BCUT2D eigenvalue weighted by molar-refractivity contribution is 0.0939. The smallest absolute Gasteiger partial charge is 0.350 e. The van der Waals surface area contributed by atoms with Crippen molar-refractivity contribution in [1.29, 1.82) is 0 Å². The van der Waals surface area contributed by atoms with E-state index in [1.165, 1.54) is 29.3 Å². The lowest BCUT2D eigenvalue weighted by Gasteiger charge is -1.95. The average Bonchev–Trinajstić information content (AvgIpc) is 3.00. The van der Waals surface area contributed by atoms with Gasteiger partial charge >= 0.3 is 5.69 Å². The predicted octanol–water partition coefficient (Wildman–Crippen LogP) is 0.367. The molecule has 90 valence electrons. The largest absolute Gasteiger partial charge is 0.461 e. The molecule has 0 unspecified atom stereocenters. The number of ketones is 1. The Balaban J connectivity index is 1.98. The Morgan fingerprint density at radius 1 is 1.44 bits per heavy atom. The summed E-state index contributed by atoms with van der Waals surface area (Å²) < 4.78 is 7.38. The zero-order chi connectivity index (χ0) is 12.5. The first-order chi connectivity index (χ1) is 8.75. The molecule has 0 aliphatic heterocycles. The highest BCUT2D eigenvalue weighted by atomic mass is 16.3. The van der Waals surface area contributed by atoms with Crippen LogP contribution in [0, 0.1) is 0 Å². The Hall–Kier alpha value is -2.70. The van der Waals surface area contributed by atoms with Gasteiger partial charge in [0.15, 0.2) is 11.4 Å². The molecule has 0 aromatic carbocycles. The fourth-order valence-electron chi connectivity index (χ4n) is 1.63. The summed E-state index contributed by atoms with van der Waals surface area (Å²) in [6.45, 7) is -0.159. The molecule has 0 aliphatic rings. The van der Waals surface area contributed by atoms with Crippen LogP contribution in [0.5, 0.6) is 0 Å². The van der Waals surface area contributed by atoms with Gasteiger partial charge in [0.2, 0.25) is 5.78 Å². The Morgan fingerprint density at radius 2 is 2.33 bits per heavy atom. The van der Waals surface area contributed by atoms with E-state index in [2.05, 4.69) is 10.1 Å². The summed E-state index contributed by atoms with van der Waals surface area (Å²) in [7, 11) is 0. The van der Waals surface area contributed by atoms with Gasteiger partial charge in [0.05, 0.1) is 12.5 Å². The van der Waals surface area contributed by atoms with E-state index in [4.69, 9.17) is 4.42 Å². The summed E-state index contributed by atoms with van der Waals surface area (Å²) in [6.07, 6.45) is 5.84. The van der Waals surface area contributed by atoms with Gasteiger partial charge < -0.3 is 4.42 Å². The zero-order valence-corrected chi connectivity index (χ0v) is 9.18. The third kappa shape index (κ3) is 1.61. The van der Waals surface area contributed by atoms with Crippen molar-refractivity contribution in [3.8, 4) is 0 Å². The molecule has 0 amide bonds. The minimum absolute atomic E-state index is 0.159. The number of nitrogens with zero attached hydrogens (tertiary/aromatic N) is 4. The molecule has 0 radical (unpaired) electrons. The molecule has 0 bridgehead atoms. The van der Waals surface area contributed by atoms with Gasteiger partial charge in [-0.05, 0) is 12.1 Å². The van der Waals surface area contributed by atoms with Crippen LogP contribution < -0.4 is 5.69 Å². The lowest BCUT2D eigenvalue weighted by atomic mass is 10.3. The van der Waals surface area contributed by atoms with Crippen LogP contribution in [0.3, 0.4) is 0 Å². The number of carbonyl (C=O) groups excluding carboxylic acids is 1. The molecule has 18 heavy (non-hydrogen) atoms. The molecule has 0 spiro atoms. The van der Waals surface area contributed by atoms with Crippen LogP contribution in [0.4, 0.5) is 0 Å². The molecule has 3 aromatic rings. The van der Waals surface area contributed by atoms with Gasteiger partial charge in [0.1, 0.15) is 6.54 Å². The average molecular weight is 244 g/mol. The number of carbonyl (C=O) groups is 1. The highest BCUT2D eigenvalue weighted by Crippen LogP contribution is 2.02. The van der Waals surface area contributed by atoms with E-state index in [1.54, 1.807) is 12.1 Å². The predicted molar refractivity (Wildman–Crippen MR) is 60.3 cm³/mol. The molecule has 0 N–H and O–H groups in total. The number of furan rings is 1. The highest BCUT2D eigenvalue weighted by Gasteiger charge is 2.13. The molecular weight excluding hydrogens is 236 g/mol. The van der Waals surface area contributed by atoms with E-state index in [0.717, 1.165) is 4.68 Å². The number of Topliss-reactive ketones (excluding diaryl/α,β-unsaturated/α-hetero) is 1. The lowest BCUT2D eigenvalue weighted by Crippen LogP contribution is -2.24. The van der Waals surface area contributed by atoms with Crippen molar-refractivity contribution in [2.24, 2.45) is 0 Å². The number of fused-ring (bicyclic) bond motifs is 1. The Morgan fingerprint density at radius 3 is 3.06 bits per heavy atom. The summed E-state index contributed by atoms with van der Waals surface area (Å²) in [5.74, 6) is -0.101. The summed E-state index contributed by atoms with van der Waals surface area (Å²) in [4.78, 5) is 27.5. The first-order valence-corrected chi connectivity index (χ1v) is 5.21. The molecule has 0 fully saturated rings. The molecular formula is C11H8N4O3. The molecule has 7 heteroatoms. The van der Waals surface area contributed by atoms with E-state index in [-0.39, 0.29) is 23.8 Å². The van der Waals surface area contributed by atoms with Gasteiger partial charge in [-0.2, -0.15) is 0 Å². The second kappa shape index (κ2) is 3.95. The van der Waals surface area contributed by atoms with Crippen LogP contribution >= 0.6 is 0 Å². The van der Waals surface area contributed by atoms with Crippen LogP contribution in [0.25, 0.3) is 5.65 Å². The maximum absolute atomic E-state index is 11.9. The van der Waals surface area contributed by atoms with Gasteiger partial charge in [-0.1, -0.05) is 0 Å². The second-order valence-corrected chi connectivity index (χ2v) is 3.65. The van der Waals surface area contributed by atoms with Crippen LogP contribution in [-0.2, 0) is 6.54 Å². The maximum Gasteiger partial charge on any atom is 0.350 e. The van der Waals surface area contributed by atoms with Crippen LogP contribution in [-0.4, -0.2) is 24.9 Å². The standard InChI is InChI=1S/C11H8N4O3/c16-8(9-2-1-5-18-9)7-15-11(17)14-4-3-12-6-10(14)13-15/h1-6H,7H2. The monoisotopic (exact) mass is 244 g/mol. The SMILES string of the molecule is O=C(Cn1nc2cnccn2c1=O)c1ccco1. The number of hydrogen-bond acceptors (Lipinski definition) is 5. The van der Waals surface area contributed by atoms with Crippen LogP contribution in [0.1, 0.15) is 10.6 Å². The van der Waals surface area contributed by atoms with Crippen molar-refractivity contribution in [2.75, 3.05) is 0 Å². The van der Waals surface area contributed by atoms with Crippen molar-refractivity contribution in [3.05, 3.63) is 53.2 Å². The Kier molecular flexibility index (Phi) is 2.30. The normalized spacial score (nSPS) is 10.9. The van der Waals surface area contributed by atoms with Crippen molar-refractivity contribution in [2.45, 2.75) is 6.54 Å². The molecule has 3 rings (SSSR count). The van der Waals surface area contributed by atoms with Gasteiger partial charge in [-0.15, -0.1) is 5.10 Å². The zero-order valence-electron chi connectivity index (χ0n) is 9.18. The number of hydrogen-bond donors (Lipinski definition) is 0. The van der Waals surface area contributed by atoms with Crippen molar-refractivity contribution in [3.63, 3.8) is 0 Å². The third-order valence-electron chi connectivity index (χ3n) is 2.48. The molecule has 0 saturated carbocycles. The van der Waals surface area contributed by atoms with Gasteiger partial charge in [-0.3, -0.25) is 9.78 Å². The molecule has 7 nitrogen and oxygen atoms in total. The Labute approximate surface area is 100 Å². The van der Waals surface area contributed by atoms with Gasteiger partial charge in [0.25, 0.3) is 0 Å². The first kappa shape index (κ1) is 10.5. The number of aromatic nitrogens is 4. The van der Waals surface area contributed by atoms with Crippen LogP contribution in [0.2, 0.25) is 0 Å². The van der Waals surface area contributed by atoms with Crippen molar-refractivity contribution < 1.29 is 9.21 Å². The second-order valence-electron chi connectivity index (χ2n) is 3.65. The maximum atomic E-state index is 11.9. The fourth-order valence-corrected chi connectivity index (χ4v) is 1.63. The molecule has 3 heterocycles. The first-order valence-electron chi connectivity index (χ1n) is 5.21. The number of rotatable bonds is 3. The molecule has 0 atom stereocenters. The highest BCUT2D eigenvalue weighted by molar-refractivity contribution is 5.93. The minimum atomic E-state index is -0.382. The molecule has 0 aliphatic carbocycles. The van der Waals surface area contributed by atoms with E-state index in [1.807, 2.05) is 0 Å². The van der Waals surface area contributed by atoms with Crippen LogP contribution in [0.15, 0.2) is 46.2 Å². The van der Waals surface area contributed by atoms with Crippen molar-refractivity contribution >= 4 is 11.4 Å². The summed E-state index contributed by atoms with van der Waals surface area (Å²) in [5.41, 5.74) is 0.0158. The van der Waals surface area contributed by atoms with E-state index < -0.39 is 0 Å². The van der Waals surface area contributed by atoms with E-state index in [9.17, 15) is 9.59 Å². The van der Waals surface area contributed by atoms with Gasteiger partial charge in [-0.25, -0.2) is 13.9 Å². The molecule has 0 saturated heterocycles. The third-order valence-corrected chi connectivity index (χ3v) is 2.48. The summed E-state index contributed by atoms with van der Waals surface area (Å²) in [6, 6.07) is 3.16. The summed E-state index contributed by atoms with van der Waals surface area (Å²) in [5, 5.41) is 4.00. The van der Waals surface area contributed by atoms with E-state index in [0.29, 0.717) is 5.65 Å². The summed E-state index contributed by atoms with van der Waals surface area (Å²) >= 11 is 0. The topological polar surface area (TPSA) is 82.4 Å².